The predicted octanol–water partition coefficient (Wildman–Crippen LogP) is 5.68. The summed E-state index contributed by atoms with van der Waals surface area (Å²) in [5.74, 6) is -1.60. The molecule has 3 rings (SSSR count). The number of aliphatic hydroxyl groups is 1. The number of hydrogen-bond acceptors (Lipinski definition) is 3. The molecule has 0 saturated heterocycles. The quantitative estimate of drug-likeness (QED) is 0.655. The van der Waals surface area contributed by atoms with Crippen LogP contribution in [0.15, 0.2) is 59.9 Å². The molecule has 1 unspecified atom stereocenters. The average molecular weight is 438 g/mol. The topological polar surface area (TPSA) is 57.6 Å². The van der Waals surface area contributed by atoms with Crippen molar-refractivity contribution in [2.45, 2.75) is 59.4 Å². The average Bonchev–Trinajstić information content (AvgIpc) is 2.96. The number of amides is 1. The lowest BCUT2D eigenvalue weighted by Gasteiger charge is -2.29. The lowest BCUT2D eigenvalue weighted by atomic mass is 9.81. The monoisotopic (exact) mass is 437 g/mol. The van der Waals surface area contributed by atoms with Crippen LogP contribution in [-0.4, -0.2) is 28.2 Å². The van der Waals surface area contributed by atoms with Gasteiger partial charge in [0.2, 0.25) is 0 Å². The first-order valence-corrected chi connectivity index (χ1v) is 10.9. The fourth-order valence-electron chi connectivity index (χ4n) is 3.93. The third kappa shape index (κ3) is 4.77. The molecule has 0 aliphatic carbocycles. The van der Waals surface area contributed by atoms with E-state index in [4.69, 9.17) is 0 Å². The molecule has 1 aliphatic heterocycles. The van der Waals surface area contributed by atoms with Gasteiger partial charge in [-0.1, -0.05) is 77.9 Å². The second-order valence-electron chi connectivity index (χ2n) is 10.5. The van der Waals surface area contributed by atoms with E-state index in [1.807, 2.05) is 24.3 Å². The zero-order chi connectivity index (χ0) is 23.8. The van der Waals surface area contributed by atoms with E-state index in [0.717, 1.165) is 16.7 Å². The molecule has 32 heavy (non-hydrogen) atoms. The zero-order valence-corrected chi connectivity index (χ0v) is 19.7. The van der Waals surface area contributed by atoms with Crippen molar-refractivity contribution < 1.29 is 19.1 Å². The highest BCUT2D eigenvalue weighted by molar-refractivity contribution is 6.10. The number of carbonyl (C=O) groups excluding carboxylic acids is 2. The highest BCUT2D eigenvalue weighted by atomic mass is 19.1. The fourth-order valence-corrected chi connectivity index (χ4v) is 3.93. The van der Waals surface area contributed by atoms with E-state index < -0.39 is 23.1 Å². The minimum Gasteiger partial charge on any atom is -0.503 e. The molecule has 170 valence electrons. The number of Topliss-reactive ketones (excluding diaryl/α,β-unsaturated/α-hetero) is 1. The van der Waals surface area contributed by atoms with Crippen LogP contribution in [-0.2, 0) is 21.4 Å². The van der Waals surface area contributed by atoms with E-state index in [-0.39, 0.29) is 22.6 Å². The van der Waals surface area contributed by atoms with Gasteiger partial charge in [-0.3, -0.25) is 9.59 Å². The minimum absolute atomic E-state index is 0.0334. The summed E-state index contributed by atoms with van der Waals surface area (Å²) in [6.07, 6.45) is 0.479. The Kier molecular flexibility index (Phi) is 6.32. The van der Waals surface area contributed by atoms with Crippen LogP contribution in [0.2, 0.25) is 0 Å². The molecule has 2 aromatic carbocycles. The van der Waals surface area contributed by atoms with Gasteiger partial charge in [0, 0.05) is 12.0 Å². The van der Waals surface area contributed by atoms with Gasteiger partial charge in [0.25, 0.3) is 5.91 Å². The maximum atomic E-state index is 13.3. The Bertz CT molecular complexity index is 1040. The summed E-state index contributed by atoms with van der Waals surface area (Å²) in [7, 11) is 0. The van der Waals surface area contributed by atoms with E-state index >= 15 is 0 Å². The van der Waals surface area contributed by atoms with Gasteiger partial charge >= 0.3 is 0 Å². The summed E-state index contributed by atoms with van der Waals surface area (Å²) in [5, 5.41) is 10.7. The van der Waals surface area contributed by atoms with E-state index in [9.17, 15) is 19.1 Å². The maximum absolute atomic E-state index is 13.3. The highest BCUT2D eigenvalue weighted by Crippen LogP contribution is 2.41. The number of halogens is 1. The molecule has 0 radical (unpaired) electrons. The molecule has 0 saturated carbocycles. The molecule has 4 nitrogen and oxygen atoms in total. The van der Waals surface area contributed by atoms with Crippen LogP contribution < -0.4 is 0 Å². The van der Waals surface area contributed by atoms with Crippen LogP contribution >= 0.6 is 0 Å². The van der Waals surface area contributed by atoms with Crippen LogP contribution in [0.25, 0.3) is 0 Å². The summed E-state index contributed by atoms with van der Waals surface area (Å²) < 4.78 is 13.3. The number of rotatable bonds is 5. The summed E-state index contributed by atoms with van der Waals surface area (Å²) in [6.45, 7) is 12.0. The smallest absolute Gasteiger partial charge is 0.290 e. The van der Waals surface area contributed by atoms with Gasteiger partial charge in [-0.25, -0.2) is 4.39 Å². The first-order chi connectivity index (χ1) is 14.8. The van der Waals surface area contributed by atoms with Crippen molar-refractivity contribution in [1.82, 2.24) is 4.90 Å². The number of aliphatic hydroxyl groups excluding tert-OH is 1. The van der Waals surface area contributed by atoms with Gasteiger partial charge in [0.1, 0.15) is 5.82 Å². The molecule has 1 atom stereocenters. The van der Waals surface area contributed by atoms with Crippen molar-refractivity contribution in [3.05, 3.63) is 82.4 Å². The van der Waals surface area contributed by atoms with Crippen LogP contribution in [0.3, 0.4) is 0 Å². The Balaban J connectivity index is 2.00. The SMILES string of the molecule is CC(C)(C)C(=O)C1=C(O)C(=O)N(CCc2ccc(F)cc2)C1c1ccc(C(C)(C)C)cc1. The Morgan fingerprint density at radius 3 is 2.03 bits per heavy atom. The van der Waals surface area contributed by atoms with Gasteiger partial charge < -0.3 is 10.0 Å². The second-order valence-corrected chi connectivity index (χ2v) is 10.5. The largest absolute Gasteiger partial charge is 0.503 e. The zero-order valence-electron chi connectivity index (χ0n) is 19.7. The standard InChI is InChI=1S/C27H32FNO3/c1-26(2,3)19-11-9-18(10-12-19)22-21(24(31)27(4,5)6)23(30)25(32)29(22)16-15-17-7-13-20(28)14-8-17/h7-14,22,30H,15-16H2,1-6H3. The van der Waals surface area contributed by atoms with Gasteiger partial charge in [-0.15, -0.1) is 0 Å². The lowest BCUT2D eigenvalue weighted by molar-refractivity contribution is -0.129. The Morgan fingerprint density at radius 2 is 1.53 bits per heavy atom. The normalized spacial score (nSPS) is 17.3. The fraction of sp³-hybridized carbons (Fsp3) is 0.407. The number of benzene rings is 2. The van der Waals surface area contributed by atoms with E-state index in [1.165, 1.54) is 12.1 Å². The van der Waals surface area contributed by atoms with E-state index in [2.05, 4.69) is 20.8 Å². The third-order valence-electron chi connectivity index (χ3n) is 5.88. The van der Waals surface area contributed by atoms with Gasteiger partial charge in [0.15, 0.2) is 11.5 Å². The van der Waals surface area contributed by atoms with Crippen molar-refractivity contribution in [1.29, 1.82) is 0 Å². The molecular formula is C27H32FNO3. The number of carbonyl (C=O) groups is 2. The first-order valence-electron chi connectivity index (χ1n) is 10.9. The number of nitrogens with zero attached hydrogens (tertiary/aromatic N) is 1. The van der Waals surface area contributed by atoms with Crippen molar-refractivity contribution >= 4 is 11.7 Å². The van der Waals surface area contributed by atoms with Crippen molar-refractivity contribution in [2.24, 2.45) is 5.41 Å². The Morgan fingerprint density at radius 1 is 0.969 bits per heavy atom. The van der Waals surface area contributed by atoms with Crippen molar-refractivity contribution in [3.8, 4) is 0 Å². The first kappa shape index (κ1) is 23.7. The molecule has 0 fully saturated rings. The Hall–Kier alpha value is -2.95. The highest BCUT2D eigenvalue weighted by Gasteiger charge is 2.45. The molecule has 1 aliphatic rings. The molecule has 5 heteroatoms. The van der Waals surface area contributed by atoms with Crippen LogP contribution in [0.1, 0.15) is 64.3 Å². The summed E-state index contributed by atoms with van der Waals surface area (Å²) in [6, 6.07) is 13.3. The van der Waals surface area contributed by atoms with Gasteiger partial charge in [-0.05, 0) is 40.7 Å². The Labute approximate surface area is 189 Å². The molecular weight excluding hydrogens is 405 g/mol. The van der Waals surface area contributed by atoms with Crippen molar-refractivity contribution in [3.63, 3.8) is 0 Å². The van der Waals surface area contributed by atoms with Crippen LogP contribution in [0, 0.1) is 11.2 Å². The third-order valence-corrected chi connectivity index (χ3v) is 5.88. The molecule has 1 heterocycles. The number of hydrogen-bond donors (Lipinski definition) is 1. The lowest BCUT2D eigenvalue weighted by Crippen LogP contribution is -2.34. The van der Waals surface area contributed by atoms with E-state index in [1.54, 1.807) is 37.8 Å². The maximum Gasteiger partial charge on any atom is 0.290 e. The molecule has 2 aromatic rings. The second kappa shape index (κ2) is 8.53. The molecule has 1 amide bonds. The minimum atomic E-state index is -0.750. The van der Waals surface area contributed by atoms with Crippen LogP contribution in [0.4, 0.5) is 4.39 Å². The van der Waals surface area contributed by atoms with Crippen molar-refractivity contribution in [2.75, 3.05) is 6.54 Å². The van der Waals surface area contributed by atoms with Crippen LogP contribution in [0.5, 0.6) is 0 Å². The van der Waals surface area contributed by atoms with E-state index in [0.29, 0.717) is 13.0 Å². The molecule has 1 N–H and O–H groups in total. The molecule has 0 bridgehead atoms. The number of ketones is 1. The molecule has 0 spiro atoms. The summed E-state index contributed by atoms with van der Waals surface area (Å²) >= 11 is 0. The molecule has 0 aromatic heterocycles. The predicted molar refractivity (Wildman–Crippen MR) is 124 cm³/mol. The van der Waals surface area contributed by atoms with Gasteiger partial charge in [0.05, 0.1) is 11.6 Å². The summed E-state index contributed by atoms with van der Waals surface area (Å²) in [4.78, 5) is 27.8. The summed E-state index contributed by atoms with van der Waals surface area (Å²) in [5.41, 5.74) is 2.15. The van der Waals surface area contributed by atoms with Gasteiger partial charge in [-0.2, -0.15) is 0 Å².